The standard InChI is InChI=1S/C20H21N5O3S/c1-13-4-6-16(14(2)8-13)23-19(26)11-28-17-7-5-15(9-18(17)27-3)10-22-25-12-21-24-20(25)29/h4-10,12H,11H2,1-3H3,(H,23,26)(H,24,29)/b22-10+. The third kappa shape index (κ3) is 5.29. The zero-order valence-electron chi connectivity index (χ0n) is 16.3. The van der Waals surface area contributed by atoms with E-state index in [1.807, 2.05) is 32.0 Å². The van der Waals surface area contributed by atoms with E-state index in [0.29, 0.717) is 16.3 Å². The maximum Gasteiger partial charge on any atom is 0.262 e. The highest BCUT2D eigenvalue weighted by Gasteiger charge is 2.10. The Balaban J connectivity index is 1.64. The van der Waals surface area contributed by atoms with Gasteiger partial charge in [0.25, 0.3) is 5.91 Å². The minimum atomic E-state index is -0.251. The summed E-state index contributed by atoms with van der Waals surface area (Å²) in [7, 11) is 1.53. The number of nitrogens with one attached hydrogen (secondary N) is 2. The van der Waals surface area contributed by atoms with Crippen LogP contribution in [0.5, 0.6) is 11.5 Å². The molecule has 0 aliphatic heterocycles. The number of hydrogen-bond acceptors (Lipinski definition) is 6. The van der Waals surface area contributed by atoms with Crippen molar-refractivity contribution in [3.05, 3.63) is 64.2 Å². The van der Waals surface area contributed by atoms with E-state index in [9.17, 15) is 4.79 Å². The molecular weight excluding hydrogens is 390 g/mol. The molecule has 3 aromatic rings. The number of rotatable bonds is 7. The van der Waals surface area contributed by atoms with Crippen LogP contribution in [0.3, 0.4) is 0 Å². The molecule has 1 aromatic heterocycles. The summed E-state index contributed by atoms with van der Waals surface area (Å²) in [5, 5.41) is 13.5. The minimum Gasteiger partial charge on any atom is -0.493 e. The number of anilines is 1. The molecule has 0 saturated carbocycles. The molecule has 1 amide bonds. The molecule has 0 spiro atoms. The van der Waals surface area contributed by atoms with E-state index in [1.54, 1.807) is 24.4 Å². The lowest BCUT2D eigenvalue weighted by atomic mass is 10.1. The molecule has 29 heavy (non-hydrogen) atoms. The second-order valence-corrected chi connectivity index (χ2v) is 6.70. The number of carbonyl (C=O) groups is 1. The molecule has 0 bridgehead atoms. The van der Waals surface area contributed by atoms with Gasteiger partial charge in [-0.05, 0) is 61.5 Å². The van der Waals surface area contributed by atoms with E-state index in [4.69, 9.17) is 21.7 Å². The van der Waals surface area contributed by atoms with Gasteiger partial charge in [0.1, 0.15) is 6.33 Å². The van der Waals surface area contributed by atoms with Crippen molar-refractivity contribution >= 4 is 30.0 Å². The average Bonchev–Trinajstić information content (AvgIpc) is 3.12. The summed E-state index contributed by atoms with van der Waals surface area (Å²) in [5.74, 6) is 0.698. The molecule has 0 atom stereocenters. The highest BCUT2D eigenvalue weighted by molar-refractivity contribution is 7.71. The fourth-order valence-corrected chi connectivity index (χ4v) is 2.77. The molecule has 9 heteroatoms. The van der Waals surface area contributed by atoms with Crippen LogP contribution in [-0.4, -0.2) is 40.7 Å². The highest BCUT2D eigenvalue weighted by atomic mass is 32.1. The van der Waals surface area contributed by atoms with Crippen LogP contribution in [0.4, 0.5) is 5.69 Å². The van der Waals surface area contributed by atoms with Gasteiger partial charge in [-0.1, -0.05) is 17.7 Å². The maximum absolute atomic E-state index is 12.2. The summed E-state index contributed by atoms with van der Waals surface area (Å²) in [6.45, 7) is 3.82. The average molecular weight is 411 g/mol. The zero-order valence-corrected chi connectivity index (χ0v) is 17.1. The van der Waals surface area contributed by atoms with E-state index >= 15 is 0 Å². The van der Waals surface area contributed by atoms with Crippen LogP contribution in [0.1, 0.15) is 16.7 Å². The van der Waals surface area contributed by atoms with Crippen LogP contribution in [-0.2, 0) is 4.79 Å². The number of benzene rings is 2. The SMILES string of the molecule is COc1cc(/C=N/n2cn[nH]c2=S)ccc1OCC(=O)Nc1ccc(C)cc1C. The van der Waals surface area contributed by atoms with Gasteiger partial charge in [-0.2, -0.15) is 14.9 Å². The molecule has 3 rings (SSSR count). The van der Waals surface area contributed by atoms with Crippen molar-refractivity contribution in [2.45, 2.75) is 13.8 Å². The van der Waals surface area contributed by atoms with Crippen molar-refractivity contribution in [2.75, 3.05) is 19.0 Å². The first-order valence-electron chi connectivity index (χ1n) is 8.80. The number of amides is 1. The van der Waals surface area contributed by atoms with Gasteiger partial charge in [0.15, 0.2) is 18.1 Å². The highest BCUT2D eigenvalue weighted by Crippen LogP contribution is 2.27. The third-order valence-electron chi connectivity index (χ3n) is 4.07. The van der Waals surface area contributed by atoms with Gasteiger partial charge in [-0.3, -0.25) is 9.89 Å². The molecule has 2 aromatic carbocycles. The summed E-state index contributed by atoms with van der Waals surface area (Å²) in [5.41, 5.74) is 3.68. The minimum absolute atomic E-state index is 0.138. The largest absolute Gasteiger partial charge is 0.493 e. The summed E-state index contributed by atoms with van der Waals surface area (Å²) in [6.07, 6.45) is 3.09. The van der Waals surface area contributed by atoms with Crippen molar-refractivity contribution in [1.29, 1.82) is 0 Å². The number of hydrogen-bond donors (Lipinski definition) is 2. The molecule has 8 nitrogen and oxygen atoms in total. The Morgan fingerprint density at radius 2 is 2.10 bits per heavy atom. The van der Waals surface area contributed by atoms with Gasteiger partial charge >= 0.3 is 0 Å². The van der Waals surface area contributed by atoms with Gasteiger partial charge in [-0.25, -0.2) is 0 Å². The van der Waals surface area contributed by atoms with Gasteiger partial charge < -0.3 is 14.8 Å². The predicted molar refractivity (Wildman–Crippen MR) is 113 cm³/mol. The summed E-state index contributed by atoms with van der Waals surface area (Å²) in [4.78, 5) is 12.2. The first-order valence-corrected chi connectivity index (χ1v) is 9.21. The summed E-state index contributed by atoms with van der Waals surface area (Å²) in [6, 6.07) is 11.1. The van der Waals surface area contributed by atoms with E-state index in [1.165, 1.54) is 18.1 Å². The van der Waals surface area contributed by atoms with E-state index in [0.717, 1.165) is 22.4 Å². The molecule has 0 radical (unpaired) electrons. The van der Waals surface area contributed by atoms with Crippen LogP contribution in [0.2, 0.25) is 0 Å². The van der Waals surface area contributed by atoms with Gasteiger partial charge in [0.05, 0.1) is 13.3 Å². The number of ether oxygens (including phenoxy) is 2. The number of aromatic nitrogens is 3. The monoisotopic (exact) mass is 411 g/mol. The Morgan fingerprint density at radius 1 is 1.28 bits per heavy atom. The molecule has 150 valence electrons. The molecule has 1 heterocycles. The van der Waals surface area contributed by atoms with Crippen LogP contribution in [0, 0.1) is 18.6 Å². The molecular formula is C20H21N5O3S. The van der Waals surface area contributed by atoms with E-state index in [-0.39, 0.29) is 12.5 Å². The number of aryl methyl sites for hydroxylation is 2. The number of methoxy groups -OCH3 is 1. The maximum atomic E-state index is 12.2. The first kappa shape index (κ1) is 20.3. The number of H-pyrrole nitrogens is 1. The van der Waals surface area contributed by atoms with Crippen molar-refractivity contribution < 1.29 is 14.3 Å². The predicted octanol–water partition coefficient (Wildman–Crippen LogP) is 3.47. The van der Waals surface area contributed by atoms with Gasteiger partial charge in [0.2, 0.25) is 4.77 Å². The van der Waals surface area contributed by atoms with E-state index < -0.39 is 0 Å². The second-order valence-electron chi connectivity index (χ2n) is 6.32. The fraction of sp³-hybridized carbons (Fsp3) is 0.200. The summed E-state index contributed by atoms with van der Waals surface area (Å²) < 4.78 is 12.8. The Labute approximate surface area is 173 Å². The molecule has 2 N–H and O–H groups in total. The second kappa shape index (κ2) is 9.16. The van der Waals surface area contributed by atoms with Crippen molar-refractivity contribution in [1.82, 2.24) is 14.9 Å². The fourth-order valence-electron chi connectivity index (χ4n) is 2.62. The van der Waals surface area contributed by atoms with Crippen LogP contribution < -0.4 is 14.8 Å². The van der Waals surface area contributed by atoms with Gasteiger partial charge in [0, 0.05) is 5.69 Å². The molecule has 0 aliphatic rings. The quantitative estimate of drug-likeness (QED) is 0.459. The van der Waals surface area contributed by atoms with Crippen LogP contribution in [0.15, 0.2) is 47.8 Å². The third-order valence-corrected chi connectivity index (χ3v) is 4.35. The number of aromatic amines is 1. The van der Waals surface area contributed by atoms with Crippen molar-refractivity contribution in [3.8, 4) is 11.5 Å². The molecule has 0 aliphatic carbocycles. The Morgan fingerprint density at radius 3 is 2.79 bits per heavy atom. The Kier molecular flexibility index (Phi) is 6.40. The zero-order chi connectivity index (χ0) is 20.8. The lowest BCUT2D eigenvalue weighted by Gasteiger charge is -2.12. The lowest BCUT2D eigenvalue weighted by molar-refractivity contribution is -0.118. The molecule has 0 fully saturated rings. The molecule has 0 unspecified atom stereocenters. The lowest BCUT2D eigenvalue weighted by Crippen LogP contribution is -2.20. The molecule has 0 saturated heterocycles. The number of carbonyl (C=O) groups excluding carboxylic acids is 1. The van der Waals surface area contributed by atoms with Crippen molar-refractivity contribution in [2.24, 2.45) is 5.10 Å². The van der Waals surface area contributed by atoms with Gasteiger partial charge in [-0.15, -0.1) is 0 Å². The summed E-state index contributed by atoms with van der Waals surface area (Å²) >= 11 is 5.04. The van der Waals surface area contributed by atoms with Crippen LogP contribution >= 0.6 is 12.2 Å². The number of nitrogens with zero attached hydrogens (tertiary/aromatic N) is 3. The Bertz CT molecular complexity index is 1100. The topological polar surface area (TPSA) is 93.5 Å². The van der Waals surface area contributed by atoms with E-state index in [2.05, 4.69) is 20.6 Å². The Hall–Kier alpha value is -3.46. The van der Waals surface area contributed by atoms with Crippen molar-refractivity contribution in [3.63, 3.8) is 0 Å². The first-order chi connectivity index (χ1) is 14.0. The smallest absolute Gasteiger partial charge is 0.262 e. The van der Waals surface area contributed by atoms with Crippen LogP contribution in [0.25, 0.3) is 0 Å². The normalized spacial score (nSPS) is 10.9.